The van der Waals surface area contributed by atoms with Gasteiger partial charge in [0.1, 0.15) is 5.82 Å². The van der Waals surface area contributed by atoms with Gasteiger partial charge in [-0.3, -0.25) is 4.79 Å². The van der Waals surface area contributed by atoms with Crippen molar-refractivity contribution in [3.8, 4) is 0 Å². The van der Waals surface area contributed by atoms with Crippen molar-refractivity contribution >= 4 is 23.5 Å². The number of hydrogen-bond acceptors (Lipinski definition) is 7. The first kappa shape index (κ1) is 24.5. The molecule has 7 nitrogen and oxygen atoms in total. The second kappa shape index (κ2) is 11.6. The van der Waals surface area contributed by atoms with Gasteiger partial charge < -0.3 is 20.0 Å². The monoisotopic (exact) mass is 456 g/mol. The fraction of sp³-hybridized carbons (Fsp3) is 0.542. The van der Waals surface area contributed by atoms with Gasteiger partial charge in [-0.15, -0.1) is 0 Å². The average Bonchev–Trinajstić information content (AvgIpc) is 2.79. The Morgan fingerprint density at radius 3 is 2.59 bits per heavy atom. The van der Waals surface area contributed by atoms with E-state index < -0.39 is 0 Å². The van der Waals surface area contributed by atoms with Crippen LogP contribution in [0, 0.1) is 13.8 Å². The zero-order valence-corrected chi connectivity index (χ0v) is 20.8. The summed E-state index contributed by atoms with van der Waals surface area (Å²) in [5.41, 5.74) is 3.98. The van der Waals surface area contributed by atoms with E-state index in [1.165, 1.54) is 0 Å². The summed E-state index contributed by atoms with van der Waals surface area (Å²) in [5, 5.41) is 3.77. The van der Waals surface area contributed by atoms with E-state index in [2.05, 4.69) is 46.9 Å². The fourth-order valence-electron chi connectivity index (χ4n) is 3.68. The van der Waals surface area contributed by atoms with Crippen molar-refractivity contribution in [1.82, 2.24) is 25.1 Å². The van der Waals surface area contributed by atoms with Crippen molar-refractivity contribution in [2.45, 2.75) is 31.7 Å². The highest BCUT2D eigenvalue weighted by Gasteiger charge is 2.20. The smallest absolute Gasteiger partial charge is 0.251 e. The summed E-state index contributed by atoms with van der Waals surface area (Å²) >= 11 is 1.62. The van der Waals surface area contributed by atoms with E-state index >= 15 is 0 Å². The topological polar surface area (TPSA) is 64.6 Å². The molecule has 1 aromatic heterocycles. The number of aromatic nitrogens is 2. The molecular weight excluding hydrogens is 420 g/mol. The number of benzene rings is 1. The number of aryl methyl sites for hydroxylation is 1. The second-order valence-corrected chi connectivity index (χ2v) is 9.45. The standard InChI is InChI=1S/C24H36N6OS/c1-6-29-12-14-30(15-13-29)22-18(2)19(3)26-24(27-22)32-17-20-8-7-9-21(16-20)23(31)25-10-11-28(4)5/h7-9,16H,6,10-15,17H2,1-5H3,(H,25,31). The maximum atomic E-state index is 12.4. The van der Waals surface area contributed by atoms with E-state index in [0.717, 1.165) is 72.8 Å². The zero-order chi connectivity index (χ0) is 23.1. The maximum absolute atomic E-state index is 12.4. The molecule has 0 unspecified atom stereocenters. The third-order valence-corrected chi connectivity index (χ3v) is 6.78. The van der Waals surface area contributed by atoms with Crippen LogP contribution in [-0.2, 0) is 5.75 Å². The second-order valence-electron chi connectivity index (χ2n) is 8.51. The molecule has 2 heterocycles. The highest BCUT2D eigenvalue weighted by atomic mass is 32.2. The van der Waals surface area contributed by atoms with Crippen molar-refractivity contribution in [2.75, 3.05) is 64.8 Å². The largest absolute Gasteiger partial charge is 0.354 e. The highest BCUT2D eigenvalue weighted by molar-refractivity contribution is 7.98. The van der Waals surface area contributed by atoms with Gasteiger partial charge in [-0.1, -0.05) is 30.8 Å². The van der Waals surface area contributed by atoms with Crippen molar-refractivity contribution < 1.29 is 4.79 Å². The molecule has 0 saturated carbocycles. The van der Waals surface area contributed by atoms with Crippen LogP contribution in [0.5, 0.6) is 0 Å². The Hall–Kier alpha value is -2.16. The van der Waals surface area contributed by atoms with Gasteiger partial charge in [0, 0.05) is 61.8 Å². The van der Waals surface area contributed by atoms with E-state index in [-0.39, 0.29) is 5.91 Å². The van der Waals surface area contributed by atoms with Crippen LogP contribution in [-0.4, -0.2) is 85.6 Å². The Labute approximate surface area is 196 Å². The molecule has 3 rings (SSSR count). The summed E-state index contributed by atoms with van der Waals surface area (Å²) in [7, 11) is 3.99. The van der Waals surface area contributed by atoms with Crippen LogP contribution in [0.4, 0.5) is 5.82 Å². The SMILES string of the molecule is CCN1CCN(c2nc(SCc3cccc(C(=O)NCCN(C)C)c3)nc(C)c2C)CC1. The molecular formula is C24H36N6OS. The number of amides is 1. The molecule has 2 aromatic rings. The lowest BCUT2D eigenvalue weighted by Gasteiger charge is -2.35. The van der Waals surface area contributed by atoms with Gasteiger partial charge in [0.25, 0.3) is 5.91 Å². The van der Waals surface area contributed by atoms with E-state index in [1.54, 1.807) is 11.8 Å². The van der Waals surface area contributed by atoms with Gasteiger partial charge in [0.2, 0.25) is 0 Å². The third kappa shape index (κ3) is 6.67. The molecule has 1 saturated heterocycles. The molecule has 1 N–H and O–H groups in total. The minimum absolute atomic E-state index is 0.0327. The molecule has 1 aliphatic rings. The van der Waals surface area contributed by atoms with E-state index in [1.807, 2.05) is 32.3 Å². The Kier molecular flexibility index (Phi) is 8.90. The summed E-state index contributed by atoms with van der Waals surface area (Å²) in [5.74, 6) is 1.75. The zero-order valence-electron chi connectivity index (χ0n) is 20.0. The number of nitrogens with zero attached hydrogens (tertiary/aromatic N) is 5. The number of hydrogen-bond donors (Lipinski definition) is 1. The van der Waals surface area contributed by atoms with Crippen LogP contribution in [0.15, 0.2) is 29.4 Å². The minimum Gasteiger partial charge on any atom is -0.354 e. The number of piperazine rings is 1. The fourth-order valence-corrected chi connectivity index (χ4v) is 4.51. The van der Waals surface area contributed by atoms with Crippen LogP contribution in [0.25, 0.3) is 0 Å². The quantitative estimate of drug-likeness (QED) is 0.460. The number of carbonyl (C=O) groups excluding carboxylic acids is 1. The number of thioether (sulfide) groups is 1. The number of anilines is 1. The first-order valence-electron chi connectivity index (χ1n) is 11.3. The molecule has 0 atom stereocenters. The molecule has 0 radical (unpaired) electrons. The first-order valence-corrected chi connectivity index (χ1v) is 12.3. The van der Waals surface area contributed by atoms with Gasteiger partial charge >= 0.3 is 0 Å². The Morgan fingerprint density at radius 2 is 1.91 bits per heavy atom. The lowest BCUT2D eigenvalue weighted by molar-refractivity contribution is 0.0951. The average molecular weight is 457 g/mol. The summed E-state index contributed by atoms with van der Waals surface area (Å²) in [6.45, 7) is 13.1. The first-order chi connectivity index (χ1) is 15.4. The molecule has 32 heavy (non-hydrogen) atoms. The van der Waals surface area contributed by atoms with Crippen molar-refractivity contribution in [3.63, 3.8) is 0 Å². The predicted molar refractivity (Wildman–Crippen MR) is 133 cm³/mol. The predicted octanol–water partition coefficient (Wildman–Crippen LogP) is 2.82. The van der Waals surface area contributed by atoms with Gasteiger partial charge in [-0.05, 0) is 52.2 Å². The summed E-state index contributed by atoms with van der Waals surface area (Å²) in [6, 6.07) is 7.82. The normalized spacial score (nSPS) is 14.8. The molecule has 1 aromatic carbocycles. The molecule has 1 fully saturated rings. The molecule has 0 aliphatic carbocycles. The van der Waals surface area contributed by atoms with Gasteiger partial charge in [-0.25, -0.2) is 9.97 Å². The van der Waals surface area contributed by atoms with Crippen LogP contribution in [0.1, 0.15) is 34.1 Å². The van der Waals surface area contributed by atoms with Crippen LogP contribution < -0.4 is 10.2 Å². The summed E-state index contributed by atoms with van der Waals surface area (Å²) in [4.78, 5) is 29.0. The lowest BCUT2D eigenvalue weighted by atomic mass is 10.1. The third-order valence-electron chi connectivity index (χ3n) is 5.86. The van der Waals surface area contributed by atoms with E-state index in [0.29, 0.717) is 12.1 Å². The van der Waals surface area contributed by atoms with Crippen LogP contribution >= 0.6 is 11.8 Å². The van der Waals surface area contributed by atoms with E-state index in [9.17, 15) is 4.79 Å². The van der Waals surface area contributed by atoms with Gasteiger partial charge in [-0.2, -0.15) is 0 Å². The maximum Gasteiger partial charge on any atom is 0.251 e. The van der Waals surface area contributed by atoms with Gasteiger partial charge in [0.05, 0.1) is 0 Å². The van der Waals surface area contributed by atoms with Crippen molar-refractivity contribution in [2.24, 2.45) is 0 Å². The number of rotatable bonds is 9. The summed E-state index contributed by atoms with van der Waals surface area (Å²) in [6.07, 6.45) is 0. The molecule has 174 valence electrons. The molecule has 0 bridgehead atoms. The Bertz CT molecular complexity index is 911. The Balaban J connectivity index is 1.64. The molecule has 8 heteroatoms. The molecule has 1 aliphatic heterocycles. The summed E-state index contributed by atoms with van der Waals surface area (Å²) < 4.78 is 0. The molecule has 0 spiro atoms. The number of carbonyl (C=O) groups is 1. The number of nitrogens with one attached hydrogen (secondary N) is 1. The van der Waals surface area contributed by atoms with Gasteiger partial charge in [0.15, 0.2) is 5.16 Å². The molecule has 1 amide bonds. The van der Waals surface area contributed by atoms with Crippen molar-refractivity contribution in [3.05, 3.63) is 46.6 Å². The van der Waals surface area contributed by atoms with Crippen LogP contribution in [0.3, 0.4) is 0 Å². The minimum atomic E-state index is -0.0327. The number of likely N-dealkylation sites (N-methyl/N-ethyl adjacent to an activating group) is 2. The lowest BCUT2D eigenvalue weighted by Crippen LogP contribution is -2.46. The highest BCUT2D eigenvalue weighted by Crippen LogP contribution is 2.27. The van der Waals surface area contributed by atoms with E-state index in [4.69, 9.17) is 9.97 Å². The van der Waals surface area contributed by atoms with Crippen LogP contribution in [0.2, 0.25) is 0 Å². The Morgan fingerprint density at radius 1 is 1.16 bits per heavy atom. The van der Waals surface area contributed by atoms with Crippen molar-refractivity contribution in [1.29, 1.82) is 0 Å².